The Morgan fingerprint density at radius 1 is 0.974 bits per heavy atom. The molecule has 3 aromatic carbocycles. The van der Waals surface area contributed by atoms with Gasteiger partial charge in [0, 0.05) is 18.5 Å². The van der Waals surface area contributed by atoms with Gasteiger partial charge in [-0.2, -0.15) is 5.26 Å². The summed E-state index contributed by atoms with van der Waals surface area (Å²) in [5.41, 5.74) is 3.84. The number of rotatable bonds is 9. The van der Waals surface area contributed by atoms with Gasteiger partial charge < -0.3 is 15.1 Å². The monoisotopic (exact) mass is 510 g/mol. The second-order valence-corrected chi connectivity index (χ2v) is 10.1. The topological polar surface area (TPSA) is 102 Å². The normalized spacial score (nSPS) is 18.9. The molecule has 6 heteroatoms. The number of unbranched alkanes of at least 4 members (excludes halogenated alkanes) is 1. The Labute approximate surface area is 224 Å². The smallest absolute Gasteiger partial charge is 0.329 e. The average Bonchev–Trinajstić information content (AvgIpc) is 2.95. The third-order valence-corrected chi connectivity index (χ3v) is 7.60. The van der Waals surface area contributed by atoms with Gasteiger partial charge in [-0.15, -0.1) is 0 Å². The van der Waals surface area contributed by atoms with E-state index in [0.717, 1.165) is 34.2 Å². The van der Waals surface area contributed by atoms with Crippen LogP contribution in [0.2, 0.25) is 0 Å². The van der Waals surface area contributed by atoms with E-state index in [1.165, 1.54) is 4.90 Å². The first-order chi connectivity index (χ1) is 18.4. The van der Waals surface area contributed by atoms with Gasteiger partial charge >= 0.3 is 5.97 Å². The zero-order valence-electron chi connectivity index (χ0n) is 21.8. The van der Waals surface area contributed by atoms with Crippen LogP contribution in [0.1, 0.15) is 63.0 Å². The highest BCUT2D eigenvalue weighted by Crippen LogP contribution is 2.37. The molecule has 0 radical (unpaired) electrons. The van der Waals surface area contributed by atoms with Gasteiger partial charge in [0.1, 0.15) is 5.54 Å². The molecule has 0 atom stereocenters. The Kier molecular flexibility index (Phi) is 8.60. The summed E-state index contributed by atoms with van der Waals surface area (Å²) in [7, 11) is 0. The summed E-state index contributed by atoms with van der Waals surface area (Å²) in [4.78, 5) is 27.4. The maximum atomic E-state index is 13.3. The van der Waals surface area contributed by atoms with Crippen molar-refractivity contribution in [2.45, 2.75) is 70.1 Å². The highest BCUT2D eigenvalue weighted by molar-refractivity contribution is 5.87. The van der Waals surface area contributed by atoms with Gasteiger partial charge in [-0.1, -0.05) is 74.0 Å². The van der Waals surface area contributed by atoms with Crippen LogP contribution in [-0.4, -0.2) is 38.6 Å². The predicted molar refractivity (Wildman–Crippen MR) is 147 cm³/mol. The lowest BCUT2D eigenvalue weighted by Gasteiger charge is -2.44. The second-order valence-electron chi connectivity index (χ2n) is 10.1. The lowest BCUT2D eigenvalue weighted by molar-refractivity contribution is -0.164. The molecule has 2 N–H and O–H groups in total. The van der Waals surface area contributed by atoms with Crippen molar-refractivity contribution in [3.05, 3.63) is 83.9 Å². The number of hydrogen-bond donors (Lipinski definition) is 2. The maximum absolute atomic E-state index is 13.3. The second kappa shape index (κ2) is 12.1. The van der Waals surface area contributed by atoms with Gasteiger partial charge in [-0.05, 0) is 66.5 Å². The van der Waals surface area contributed by atoms with Gasteiger partial charge in [0.25, 0.3) is 0 Å². The fourth-order valence-electron chi connectivity index (χ4n) is 5.28. The van der Waals surface area contributed by atoms with E-state index >= 15 is 0 Å². The minimum absolute atomic E-state index is 0.169. The largest absolute Gasteiger partial charge is 0.479 e. The van der Waals surface area contributed by atoms with Gasteiger partial charge in [-0.3, -0.25) is 4.79 Å². The number of aliphatic hydroxyl groups is 1. The minimum Gasteiger partial charge on any atom is -0.479 e. The molecule has 1 aliphatic carbocycles. The van der Waals surface area contributed by atoms with Crippen LogP contribution in [0.3, 0.4) is 0 Å². The van der Waals surface area contributed by atoms with E-state index in [2.05, 4.69) is 6.07 Å². The van der Waals surface area contributed by atoms with Crippen LogP contribution in [0.25, 0.3) is 22.3 Å². The molecule has 0 spiro atoms. The van der Waals surface area contributed by atoms with Crippen molar-refractivity contribution in [3.63, 3.8) is 0 Å². The molecule has 1 aliphatic rings. The number of aliphatic hydroxyl groups excluding tert-OH is 1. The number of hydrogen-bond acceptors (Lipinski definition) is 4. The number of aliphatic carboxylic acids is 1. The number of carbonyl (C=O) groups is 2. The van der Waals surface area contributed by atoms with E-state index in [0.29, 0.717) is 31.2 Å². The van der Waals surface area contributed by atoms with Gasteiger partial charge in [0.05, 0.1) is 17.7 Å². The van der Waals surface area contributed by atoms with Gasteiger partial charge in [-0.25, -0.2) is 4.79 Å². The maximum Gasteiger partial charge on any atom is 0.329 e. The number of carboxylic acid groups (broad SMARTS) is 1. The Hall–Kier alpha value is -3.95. The average molecular weight is 511 g/mol. The first-order valence-corrected chi connectivity index (χ1v) is 13.3. The highest BCUT2D eigenvalue weighted by atomic mass is 16.4. The first-order valence-electron chi connectivity index (χ1n) is 13.3. The first kappa shape index (κ1) is 27.1. The lowest BCUT2D eigenvalue weighted by Crippen LogP contribution is -2.58. The molecule has 4 rings (SSSR count). The molecule has 0 aliphatic heterocycles. The predicted octanol–water partition coefficient (Wildman–Crippen LogP) is 6.17. The molecule has 0 aromatic heterocycles. The minimum atomic E-state index is -1.32. The summed E-state index contributed by atoms with van der Waals surface area (Å²) < 4.78 is 0. The van der Waals surface area contributed by atoms with E-state index in [4.69, 9.17) is 0 Å². The number of nitriles is 1. The molecular weight excluding hydrogens is 476 g/mol. The van der Waals surface area contributed by atoms with E-state index in [1.807, 2.05) is 79.7 Å². The standard InChI is InChI=1S/C32H34N2O4/c1-2-3-9-30(36)34(32(31(37)38)18-16-28(35)17-19-32)22-23-10-12-25(13-11-23)29-20-26(14-15-27(29)21-33)24-7-5-4-6-8-24/h4-8,10-15,20,28,35H,2-3,9,16-19,22H2,1H3,(H,37,38). The summed E-state index contributed by atoms with van der Waals surface area (Å²) in [5.74, 6) is -1.18. The molecule has 0 bridgehead atoms. The van der Waals surface area contributed by atoms with Crippen LogP contribution in [0.4, 0.5) is 0 Å². The van der Waals surface area contributed by atoms with E-state index in [1.54, 1.807) is 0 Å². The number of nitrogens with zero attached hydrogens (tertiary/aromatic N) is 2. The number of carboxylic acids is 1. The Balaban J connectivity index is 1.65. The molecular formula is C32H34N2O4. The van der Waals surface area contributed by atoms with Crippen LogP contribution in [0, 0.1) is 11.3 Å². The number of amides is 1. The van der Waals surface area contributed by atoms with Crippen LogP contribution in [-0.2, 0) is 16.1 Å². The fourth-order valence-corrected chi connectivity index (χ4v) is 5.28. The lowest BCUT2D eigenvalue weighted by atomic mass is 9.78. The molecule has 0 heterocycles. The molecule has 1 saturated carbocycles. The van der Waals surface area contributed by atoms with Gasteiger partial charge in [0.2, 0.25) is 5.91 Å². The Morgan fingerprint density at radius 2 is 1.63 bits per heavy atom. The molecule has 1 fully saturated rings. The van der Waals surface area contributed by atoms with E-state index in [9.17, 15) is 25.1 Å². The zero-order chi connectivity index (χ0) is 27.1. The summed E-state index contributed by atoms with van der Waals surface area (Å²) in [6.07, 6.45) is 2.49. The molecule has 0 unspecified atom stereocenters. The highest BCUT2D eigenvalue weighted by Gasteiger charge is 2.48. The number of carbonyl (C=O) groups excluding carboxylic acids is 1. The van der Waals surface area contributed by atoms with Crippen LogP contribution >= 0.6 is 0 Å². The van der Waals surface area contributed by atoms with E-state index < -0.39 is 17.6 Å². The molecule has 3 aromatic rings. The fraction of sp³-hybridized carbons (Fsp3) is 0.344. The summed E-state index contributed by atoms with van der Waals surface area (Å²) >= 11 is 0. The third kappa shape index (κ3) is 5.79. The van der Waals surface area contributed by atoms with Crippen LogP contribution in [0.5, 0.6) is 0 Å². The van der Waals surface area contributed by atoms with Gasteiger partial charge in [0.15, 0.2) is 0 Å². The van der Waals surface area contributed by atoms with Crippen LogP contribution in [0.15, 0.2) is 72.8 Å². The summed E-state index contributed by atoms with van der Waals surface area (Å²) in [6.45, 7) is 2.18. The molecule has 196 valence electrons. The van der Waals surface area contributed by atoms with Crippen molar-refractivity contribution >= 4 is 11.9 Å². The molecule has 38 heavy (non-hydrogen) atoms. The van der Waals surface area contributed by atoms with Crippen molar-refractivity contribution in [1.29, 1.82) is 5.26 Å². The SMILES string of the molecule is CCCCC(=O)N(Cc1ccc(-c2cc(-c3ccccc3)ccc2C#N)cc1)C1(C(=O)O)CCC(O)CC1. The molecule has 1 amide bonds. The molecule has 6 nitrogen and oxygen atoms in total. The van der Waals surface area contributed by atoms with Crippen molar-refractivity contribution in [2.75, 3.05) is 0 Å². The quantitative estimate of drug-likeness (QED) is 0.358. The van der Waals surface area contributed by atoms with Crippen molar-refractivity contribution in [3.8, 4) is 28.3 Å². The Morgan fingerprint density at radius 3 is 2.24 bits per heavy atom. The summed E-state index contributed by atoms with van der Waals surface area (Å²) in [6, 6.07) is 25.7. The van der Waals surface area contributed by atoms with Crippen LogP contribution < -0.4 is 0 Å². The Bertz CT molecular complexity index is 1300. The van der Waals surface area contributed by atoms with Crippen molar-refractivity contribution < 1.29 is 19.8 Å². The third-order valence-electron chi connectivity index (χ3n) is 7.60. The molecule has 0 saturated heterocycles. The number of benzene rings is 3. The zero-order valence-corrected chi connectivity index (χ0v) is 21.8. The van der Waals surface area contributed by atoms with Crippen molar-refractivity contribution in [1.82, 2.24) is 4.90 Å². The summed E-state index contributed by atoms with van der Waals surface area (Å²) in [5, 5.41) is 30.0. The van der Waals surface area contributed by atoms with E-state index in [-0.39, 0.29) is 25.3 Å². The van der Waals surface area contributed by atoms with Crippen molar-refractivity contribution in [2.24, 2.45) is 0 Å².